The van der Waals surface area contributed by atoms with Crippen LogP contribution in [0.1, 0.15) is 10.4 Å². The number of hydrogen-bond donors (Lipinski definition) is 2. The zero-order valence-corrected chi connectivity index (χ0v) is 9.74. The van der Waals surface area contributed by atoms with Crippen molar-refractivity contribution in [3.05, 3.63) is 58.4 Å². The molecule has 2 aromatic rings. The largest absolute Gasteiger partial charge is 0.393 e. The van der Waals surface area contributed by atoms with E-state index in [1.54, 1.807) is 18.3 Å². The smallest absolute Gasteiger partial charge is 0.292 e. The van der Waals surface area contributed by atoms with E-state index in [2.05, 4.69) is 10.3 Å². The Morgan fingerprint density at radius 1 is 1.32 bits per heavy atom. The third-order valence-electron chi connectivity index (χ3n) is 2.44. The molecule has 1 heterocycles. The van der Waals surface area contributed by atoms with Crippen molar-refractivity contribution in [2.75, 3.05) is 11.1 Å². The van der Waals surface area contributed by atoms with Gasteiger partial charge in [0.25, 0.3) is 11.6 Å². The molecule has 0 bridgehead atoms. The van der Waals surface area contributed by atoms with Crippen LogP contribution >= 0.6 is 0 Å². The van der Waals surface area contributed by atoms with Crippen molar-refractivity contribution in [2.24, 2.45) is 0 Å². The van der Waals surface area contributed by atoms with Crippen LogP contribution in [-0.4, -0.2) is 15.8 Å². The average Bonchev–Trinajstić information content (AvgIpc) is 2.39. The van der Waals surface area contributed by atoms with Crippen molar-refractivity contribution in [2.45, 2.75) is 0 Å². The highest BCUT2D eigenvalue weighted by molar-refractivity contribution is 6.08. The molecule has 0 atom stereocenters. The van der Waals surface area contributed by atoms with Crippen molar-refractivity contribution < 1.29 is 9.72 Å². The number of nitrogens with zero attached hydrogens (tertiary/aromatic N) is 2. The number of pyridine rings is 1. The Balaban J connectivity index is 2.30. The van der Waals surface area contributed by atoms with Crippen molar-refractivity contribution in [1.82, 2.24) is 4.98 Å². The van der Waals surface area contributed by atoms with E-state index in [1.807, 2.05) is 0 Å². The number of hydrogen-bond acceptors (Lipinski definition) is 5. The van der Waals surface area contributed by atoms with Crippen LogP contribution in [0.5, 0.6) is 0 Å². The third kappa shape index (κ3) is 2.65. The van der Waals surface area contributed by atoms with Gasteiger partial charge in [0.05, 0.1) is 22.4 Å². The molecule has 19 heavy (non-hydrogen) atoms. The summed E-state index contributed by atoms with van der Waals surface area (Å²) < 4.78 is 0. The molecule has 0 saturated carbocycles. The highest BCUT2D eigenvalue weighted by Crippen LogP contribution is 2.25. The molecule has 3 N–H and O–H groups in total. The van der Waals surface area contributed by atoms with Crippen LogP contribution in [-0.2, 0) is 0 Å². The summed E-state index contributed by atoms with van der Waals surface area (Å²) in [5.41, 5.74) is 5.71. The van der Waals surface area contributed by atoms with Crippen LogP contribution in [0.25, 0.3) is 0 Å². The lowest BCUT2D eigenvalue weighted by atomic mass is 10.1. The molecule has 1 aromatic heterocycles. The second-order valence-corrected chi connectivity index (χ2v) is 3.69. The number of nitrogens with two attached hydrogens (primary N) is 1. The number of anilines is 2. The van der Waals surface area contributed by atoms with Gasteiger partial charge in [0.15, 0.2) is 0 Å². The maximum absolute atomic E-state index is 12.0. The number of carbonyl (C=O) groups excluding carboxylic acids is 1. The SMILES string of the molecule is Nc1c(C(=O)Nc2cccnc2)cccc1[N+](=O)[O-]. The van der Waals surface area contributed by atoms with E-state index in [-0.39, 0.29) is 16.9 Å². The maximum Gasteiger partial charge on any atom is 0.292 e. The number of nitrogens with one attached hydrogen (secondary N) is 1. The normalized spacial score (nSPS) is 9.89. The number of nitro groups is 1. The lowest BCUT2D eigenvalue weighted by Gasteiger charge is -2.07. The first-order valence-corrected chi connectivity index (χ1v) is 5.34. The molecule has 1 aromatic carbocycles. The molecule has 0 aliphatic rings. The van der Waals surface area contributed by atoms with Crippen molar-refractivity contribution in [3.8, 4) is 0 Å². The molecule has 2 rings (SSSR count). The molecular weight excluding hydrogens is 248 g/mol. The van der Waals surface area contributed by atoms with Crippen LogP contribution in [0, 0.1) is 10.1 Å². The predicted octanol–water partition coefficient (Wildman–Crippen LogP) is 1.82. The maximum atomic E-state index is 12.0. The van der Waals surface area contributed by atoms with Gasteiger partial charge in [-0.05, 0) is 18.2 Å². The highest BCUT2D eigenvalue weighted by atomic mass is 16.6. The summed E-state index contributed by atoms with van der Waals surface area (Å²) in [6.07, 6.45) is 3.03. The van der Waals surface area contributed by atoms with Gasteiger partial charge < -0.3 is 11.1 Å². The van der Waals surface area contributed by atoms with E-state index in [1.165, 1.54) is 24.4 Å². The summed E-state index contributed by atoms with van der Waals surface area (Å²) in [7, 11) is 0. The fourth-order valence-electron chi connectivity index (χ4n) is 1.55. The second-order valence-electron chi connectivity index (χ2n) is 3.69. The molecule has 0 radical (unpaired) electrons. The molecule has 0 saturated heterocycles. The van der Waals surface area contributed by atoms with E-state index in [4.69, 9.17) is 5.73 Å². The van der Waals surface area contributed by atoms with Crippen LogP contribution in [0.4, 0.5) is 17.1 Å². The average molecular weight is 258 g/mol. The zero-order chi connectivity index (χ0) is 13.8. The molecular formula is C12H10N4O3. The van der Waals surface area contributed by atoms with Crippen LogP contribution < -0.4 is 11.1 Å². The lowest BCUT2D eigenvalue weighted by molar-refractivity contribution is -0.383. The Labute approximate surface area is 108 Å². The van der Waals surface area contributed by atoms with Crippen LogP contribution in [0.2, 0.25) is 0 Å². The van der Waals surface area contributed by atoms with Crippen molar-refractivity contribution in [3.63, 3.8) is 0 Å². The fourth-order valence-corrected chi connectivity index (χ4v) is 1.55. The van der Waals surface area contributed by atoms with Gasteiger partial charge in [-0.1, -0.05) is 6.07 Å². The highest BCUT2D eigenvalue weighted by Gasteiger charge is 2.18. The minimum Gasteiger partial charge on any atom is -0.393 e. The van der Waals surface area contributed by atoms with E-state index in [0.29, 0.717) is 5.69 Å². The van der Waals surface area contributed by atoms with Crippen LogP contribution in [0.15, 0.2) is 42.7 Å². The van der Waals surface area contributed by atoms with E-state index < -0.39 is 10.8 Å². The molecule has 0 fully saturated rings. The lowest BCUT2D eigenvalue weighted by Crippen LogP contribution is -2.14. The molecule has 0 aliphatic carbocycles. The molecule has 1 amide bonds. The first-order valence-electron chi connectivity index (χ1n) is 5.34. The number of rotatable bonds is 3. The summed E-state index contributed by atoms with van der Waals surface area (Å²) in [6, 6.07) is 7.39. The van der Waals surface area contributed by atoms with E-state index in [9.17, 15) is 14.9 Å². The number of amides is 1. The number of nitro benzene ring substituents is 1. The quantitative estimate of drug-likeness (QED) is 0.495. The Morgan fingerprint density at radius 2 is 2.11 bits per heavy atom. The summed E-state index contributed by atoms with van der Waals surface area (Å²) in [5, 5.41) is 13.3. The molecule has 96 valence electrons. The minimum atomic E-state index is -0.629. The number of nitrogen functional groups attached to an aromatic ring is 1. The number of carbonyl (C=O) groups is 1. The minimum absolute atomic E-state index is 0.0538. The topological polar surface area (TPSA) is 111 Å². The molecule has 0 unspecified atom stereocenters. The first-order chi connectivity index (χ1) is 9.09. The summed E-state index contributed by atoms with van der Waals surface area (Å²) in [6.45, 7) is 0. The Hall–Kier alpha value is -2.96. The van der Waals surface area contributed by atoms with E-state index in [0.717, 1.165) is 0 Å². The van der Waals surface area contributed by atoms with Gasteiger partial charge in [-0.3, -0.25) is 19.9 Å². The molecule has 7 heteroatoms. The number of aromatic nitrogens is 1. The van der Waals surface area contributed by atoms with Crippen molar-refractivity contribution >= 4 is 23.0 Å². The summed E-state index contributed by atoms with van der Waals surface area (Å²) in [5.74, 6) is -0.519. The van der Waals surface area contributed by atoms with Gasteiger partial charge in [0.1, 0.15) is 5.69 Å². The standard InChI is InChI=1S/C12H10N4O3/c13-11-9(4-1-5-10(11)16(18)19)12(17)15-8-3-2-6-14-7-8/h1-7H,13H2,(H,15,17). The van der Waals surface area contributed by atoms with Gasteiger partial charge in [-0.25, -0.2) is 0 Å². The summed E-state index contributed by atoms with van der Waals surface area (Å²) >= 11 is 0. The Bertz CT molecular complexity index is 628. The fraction of sp³-hybridized carbons (Fsp3) is 0. The van der Waals surface area contributed by atoms with E-state index >= 15 is 0 Å². The molecule has 0 aliphatic heterocycles. The Kier molecular flexibility index (Phi) is 3.37. The van der Waals surface area contributed by atoms with Gasteiger partial charge in [-0.15, -0.1) is 0 Å². The monoisotopic (exact) mass is 258 g/mol. The third-order valence-corrected chi connectivity index (χ3v) is 2.44. The van der Waals surface area contributed by atoms with Crippen molar-refractivity contribution in [1.29, 1.82) is 0 Å². The predicted molar refractivity (Wildman–Crippen MR) is 69.7 cm³/mol. The zero-order valence-electron chi connectivity index (χ0n) is 9.74. The van der Waals surface area contributed by atoms with Gasteiger partial charge in [-0.2, -0.15) is 0 Å². The van der Waals surface area contributed by atoms with Gasteiger partial charge >= 0.3 is 0 Å². The summed E-state index contributed by atoms with van der Waals surface area (Å²) in [4.78, 5) is 25.9. The number of benzene rings is 1. The Morgan fingerprint density at radius 3 is 2.74 bits per heavy atom. The van der Waals surface area contributed by atoms with Crippen LogP contribution in [0.3, 0.4) is 0 Å². The second kappa shape index (κ2) is 5.13. The van der Waals surface area contributed by atoms with Gasteiger partial charge in [0.2, 0.25) is 0 Å². The number of para-hydroxylation sites is 1. The first kappa shape index (κ1) is 12.5. The molecule has 0 spiro atoms. The molecule has 7 nitrogen and oxygen atoms in total. The van der Waals surface area contributed by atoms with Gasteiger partial charge in [0, 0.05) is 12.3 Å².